The third-order valence-corrected chi connectivity index (χ3v) is 5.87. The van der Waals surface area contributed by atoms with Crippen LogP contribution in [0, 0.1) is 6.92 Å². The molecular weight excluding hydrogens is 332 g/mol. The first-order valence-electron chi connectivity index (χ1n) is 8.16. The van der Waals surface area contributed by atoms with E-state index in [1.54, 1.807) is 4.90 Å². The molecule has 0 aliphatic carbocycles. The van der Waals surface area contributed by atoms with Crippen LogP contribution in [0.15, 0.2) is 0 Å². The summed E-state index contributed by atoms with van der Waals surface area (Å²) in [7, 11) is 0. The molecule has 3 saturated heterocycles. The summed E-state index contributed by atoms with van der Waals surface area (Å²) < 4.78 is 10.4. The molecule has 24 heavy (non-hydrogen) atoms. The van der Waals surface area contributed by atoms with Crippen LogP contribution in [0.5, 0.6) is 0 Å². The van der Waals surface area contributed by atoms with Crippen molar-refractivity contribution >= 4 is 28.5 Å². The van der Waals surface area contributed by atoms with Crippen LogP contribution < -0.4 is 4.90 Å². The normalized spacial score (nSPS) is 24.1. The SMILES string of the molecule is Cc1nc(N2CCOCC2)sc1C(=O)N1CCN2C(=O)OCC2C1. The molecule has 1 unspecified atom stereocenters. The third-order valence-electron chi connectivity index (χ3n) is 4.66. The van der Waals surface area contributed by atoms with Crippen molar-refractivity contribution in [3.05, 3.63) is 10.6 Å². The summed E-state index contributed by atoms with van der Waals surface area (Å²) in [5, 5.41) is 0.886. The van der Waals surface area contributed by atoms with E-state index in [1.807, 2.05) is 11.8 Å². The van der Waals surface area contributed by atoms with Gasteiger partial charge in [-0.15, -0.1) is 0 Å². The quantitative estimate of drug-likeness (QED) is 0.774. The van der Waals surface area contributed by atoms with Crippen LogP contribution in [-0.4, -0.2) is 85.4 Å². The molecule has 8 nitrogen and oxygen atoms in total. The number of hydrogen-bond donors (Lipinski definition) is 0. The van der Waals surface area contributed by atoms with E-state index in [0.717, 1.165) is 23.9 Å². The van der Waals surface area contributed by atoms with Gasteiger partial charge in [-0.25, -0.2) is 9.78 Å². The van der Waals surface area contributed by atoms with E-state index in [9.17, 15) is 9.59 Å². The average molecular weight is 352 g/mol. The van der Waals surface area contributed by atoms with Gasteiger partial charge in [-0.2, -0.15) is 0 Å². The van der Waals surface area contributed by atoms with Crippen LogP contribution in [-0.2, 0) is 9.47 Å². The second kappa shape index (κ2) is 6.21. The van der Waals surface area contributed by atoms with Crippen molar-refractivity contribution in [1.82, 2.24) is 14.8 Å². The molecule has 4 heterocycles. The number of hydrogen-bond acceptors (Lipinski definition) is 7. The maximum Gasteiger partial charge on any atom is 0.410 e. The number of nitrogens with zero attached hydrogens (tertiary/aromatic N) is 4. The summed E-state index contributed by atoms with van der Waals surface area (Å²) in [6.07, 6.45) is -0.268. The maximum absolute atomic E-state index is 12.9. The minimum Gasteiger partial charge on any atom is -0.447 e. The van der Waals surface area contributed by atoms with Gasteiger partial charge in [-0.3, -0.25) is 9.69 Å². The third kappa shape index (κ3) is 2.71. The Kier molecular flexibility index (Phi) is 4.05. The fraction of sp³-hybridized carbons (Fsp3) is 0.667. The van der Waals surface area contributed by atoms with Crippen molar-refractivity contribution in [3.8, 4) is 0 Å². The number of ether oxygens (including phenoxy) is 2. The molecule has 0 N–H and O–H groups in total. The summed E-state index contributed by atoms with van der Waals surface area (Å²) >= 11 is 1.45. The van der Waals surface area contributed by atoms with Crippen LogP contribution in [0.4, 0.5) is 9.93 Å². The number of anilines is 1. The highest BCUT2D eigenvalue weighted by Gasteiger charge is 2.39. The number of fused-ring (bicyclic) bond motifs is 1. The van der Waals surface area contributed by atoms with Gasteiger partial charge in [0.1, 0.15) is 11.5 Å². The first-order valence-corrected chi connectivity index (χ1v) is 8.98. The number of piperazine rings is 1. The average Bonchev–Trinajstić information content (AvgIpc) is 3.18. The van der Waals surface area contributed by atoms with Gasteiger partial charge in [-0.05, 0) is 6.92 Å². The summed E-state index contributed by atoms with van der Waals surface area (Å²) in [6.45, 7) is 6.84. The lowest BCUT2D eigenvalue weighted by Gasteiger charge is -2.35. The van der Waals surface area contributed by atoms with Crippen molar-refractivity contribution in [2.45, 2.75) is 13.0 Å². The van der Waals surface area contributed by atoms with Gasteiger partial charge in [0.2, 0.25) is 0 Å². The van der Waals surface area contributed by atoms with E-state index in [0.29, 0.717) is 44.3 Å². The van der Waals surface area contributed by atoms with Crippen molar-refractivity contribution < 1.29 is 19.1 Å². The fourth-order valence-electron chi connectivity index (χ4n) is 3.29. The van der Waals surface area contributed by atoms with Crippen LogP contribution in [0.3, 0.4) is 0 Å². The Morgan fingerprint density at radius 3 is 2.83 bits per heavy atom. The molecule has 0 spiro atoms. The van der Waals surface area contributed by atoms with Gasteiger partial charge in [0.05, 0.1) is 24.9 Å². The summed E-state index contributed by atoms with van der Waals surface area (Å²) in [4.78, 5) is 35.4. The highest BCUT2D eigenvalue weighted by Crippen LogP contribution is 2.29. The zero-order chi connectivity index (χ0) is 16.7. The van der Waals surface area contributed by atoms with Gasteiger partial charge in [0.25, 0.3) is 5.91 Å². The number of amides is 2. The van der Waals surface area contributed by atoms with E-state index in [2.05, 4.69) is 9.88 Å². The second-order valence-corrected chi connectivity index (χ2v) is 7.16. The van der Waals surface area contributed by atoms with Gasteiger partial charge in [-0.1, -0.05) is 11.3 Å². The largest absolute Gasteiger partial charge is 0.447 e. The van der Waals surface area contributed by atoms with Crippen molar-refractivity contribution in [3.63, 3.8) is 0 Å². The molecule has 0 saturated carbocycles. The molecule has 3 fully saturated rings. The number of morpholine rings is 1. The lowest BCUT2D eigenvalue weighted by molar-refractivity contribution is 0.0620. The monoisotopic (exact) mass is 352 g/mol. The second-order valence-electron chi connectivity index (χ2n) is 6.19. The lowest BCUT2D eigenvalue weighted by Crippen LogP contribution is -2.53. The molecule has 9 heteroatoms. The number of carbonyl (C=O) groups excluding carboxylic acids is 2. The highest BCUT2D eigenvalue weighted by atomic mass is 32.1. The number of carbonyl (C=O) groups is 2. The number of rotatable bonds is 2. The van der Waals surface area contributed by atoms with Gasteiger partial charge in [0, 0.05) is 32.7 Å². The topological polar surface area (TPSA) is 75.2 Å². The van der Waals surface area contributed by atoms with Crippen molar-refractivity contribution in [2.24, 2.45) is 0 Å². The first-order chi connectivity index (χ1) is 11.6. The molecular formula is C15H20N4O4S. The zero-order valence-electron chi connectivity index (χ0n) is 13.6. The number of thiazole rings is 1. The molecule has 3 aliphatic rings. The predicted molar refractivity (Wildman–Crippen MR) is 87.6 cm³/mol. The van der Waals surface area contributed by atoms with Crippen molar-refractivity contribution in [1.29, 1.82) is 0 Å². The smallest absolute Gasteiger partial charge is 0.410 e. The zero-order valence-corrected chi connectivity index (χ0v) is 14.4. The molecule has 2 amide bonds. The van der Waals surface area contributed by atoms with Gasteiger partial charge >= 0.3 is 6.09 Å². The van der Waals surface area contributed by atoms with Crippen LogP contribution in [0.2, 0.25) is 0 Å². The van der Waals surface area contributed by atoms with E-state index >= 15 is 0 Å². The molecule has 130 valence electrons. The molecule has 0 bridgehead atoms. The predicted octanol–water partition coefficient (Wildman–Crippen LogP) is 0.565. The Labute approximate surface area is 143 Å². The Bertz CT molecular complexity index is 658. The first kappa shape index (κ1) is 15.6. The molecule has 1 atom stereocenters. The van der Waals surface area contributed by atoms with Gasteiger partial charge < -0.3 is 19.3 Å². The van der Waals surface area contributed by atoms with Crippen molar-refractivity contribution in [2.75, 3.05) is 57.4 Å². The fourth-order valence-corrected chi connectivity index (χ4v) is 4.37. The molecule has 4 rings (SSSR count). The highest BCUT2D eigenvalue weighted by molar-refractivity contribution is 7.17. The molecule has 0 aromatic carbocycles. The van der Waals surface area contributed by atoms with Crippen LogP contribution in [0.25, 0.3) is 0 Å². The Balaban J connectivity index is 1.48. The number of aryl methyl sites for hydroxylation is 1. The Morgan fingerprint density at radius 2 is 2.04 bits per heavy atom. The lowest BCUT2D eigenvalue weighted by atomic mass is 10.2. The molecule has 0 radical (unpaired) electrons. The summed E-state index contributed by atoms with van der Waals surface area (Å²) in [5.74, 6) is 0.00325. The summed E-state index contributed by atoms with van der Waals surface area (Å²) in [6, 6.07) is -0.0258. The van der Waals surface area contributed by atoms with Crippen LogP contribution in [0.1, 0.15) is 15.4 Å². The molecule has 3 aliphatic heterocycles. The minimum absolute atomic E-state index is 0.00325. The van der Waals surface area contributed by atoms with E-state index in [-0.39, 0.29) is 18.0 Å². The Morgan fingerprint density at radius 1 is 1.25 bits per heavy atom. The summed E-state index contributed by atoms with van der Waals surface area (Å²) in [5.41, 5.74) is 0.771. The van der Waals surface area contributed by atoms with Gasteiger partial charge in [0.15, 0.2) is 5.13 Å². The maximum atomic E-state index is 12.9. The van der Waals surface area contributed by atoms with E-state index in [4.69, 9.17) is 9.47 Å². The molecule has 1 aromatic heterocycles. The standard InChI is InChI=1S/C15H20N4O4S/c1-10-12(24-14(16-10)17-4-6-22-7-5-17)13(20)18-2-3-19-11(8-18)9-23-15(19)21/h11H,2-9H2,1H3. The van der Waals surface area contributed by atoms with E-state index in [1.165, 1.54) is 11.3 Å². The Hall–Kier alpha value is -1.87. The van der Waals surface area contributed by atoms with E-state index < -0.39 is 0 Å². The molecule has 1 aromatic rings. The number of aromatic nitrogens is 1. The van der Waals surface area contributed by atoms with Crippen LogP contribution >= 0.6 is 11.3 Å². The minimum atomic E-state index is -0.268. The number of cyclic esters (lactones) is 1.